The van der Waals surface area contributed by atoms with E-state index < -0.39 is 6.36 Å². The Morgan fingerprint density at radius 3 is 2.92 bits per heavy atom. The average Bonchev–Trinajstić information content (AvgIpc) is 3.10. The first kappa shape index (κ1) is 17.8. The van der Waals surface area contributed by atoms with Crippen LogP contribution in [0.1, 0.15) is 19.3 Å². The smallest absolute Gasteiger partial charge is 0.406 e. The number of nitrogens with zero attached hydrogens (tertiary/aromatic N) is 1. The largest absolute Gasteiger partial charge is 0.573 e. The lowest BCUT2D eigenvalue weighted by Crippen LogP contribution is -2.44. The molecule has 25 heavy (non-hydrogen) atoms. The van der Waals surface area contributed by atoms with E-state index in [2.05, 4.69) is 20.9 Å². The van der Waals surface area contributed by atoms with Gasteiger partial charge in [-0.15, -0.1) is 13.2 Å². The summed E-state index contributed by atoms with van der Waals surface area (Å²) in [5.74, 6) is 0.127. The number of carbonyl (C=O) groups excluding carboxylic acids is 1. The van der Waals surface area contributed by atoms with E-state index >= 15 is 0 Å². The van der Waals surface area contributed by atoms with Crippen molar-refractivity contribution in [3.63, 3.8) is 0 Å². The van der Waals surface area contributed by atoms with Crippen LogP contribution in [-0.2, 0) is 0 Å². The molecular formula is C16H21F3N4O2. The molecule has 0 aromatic heterocycles. The number of halogens is 3. The van der Waals surface area contributed by atoms with Crippen LogP contribution in [0.15, 0.2) is 24.3 Å². The summed E-state index contributed by atoms with van der Waals surface area (Å²) in [5.41, 5.74) is 6.73. The summed E-state index contributed by atoms with van der Waals surface area (Å²) < 4.78 is 40.7. The minimum atomic E-state index is -4.77. The van der Waals surface area contributed by atoms with Gasteiger partial charge in [0.05, 0.1) is 0 Å². The molecule has 138 valence electrons. The van der Waals surface area contributed by atoms with Gasteiger partial charge < -0.3 is 15.0 Å². The Labute approximate surface area is 143 Å². The van der Waals surface area contributed by atoms with Crippen molar-refractivity contribution in [3.8, 4) is 5.75 Å². The van der Waals surface area contributed by atoms with E-state index in [0.29, 0.717) is 18.5 Å². The molecule has 1 aliphatic carbocycles. The van der Waals surface area contributed by atoms with Crippen LogP contribution in [0.5, 0.6) is 5.75 Å². The minimum absolute atomic E-state index is 0.170. The fraction of sp³-hybridized carbons (Fsp3) is 0.562. The van der Waals surface area contributed by atoms with Gasteiger partial charge in [-0.25, -0.2) is 4.79 Å². The molecule has 3 rings (SSSR count). The molecule has 1 aliphatic heterocycles. The minimum Gasteiger partial charge on any atom is -0.406 e. The number of hydrogen-bond donors (Lipinski definition) is 3. The topological polar surface area (TPSA) is 65.6 Å². The summed E-state index contributed by atoms with van der Waals surface area (Å²) in [7, 11) is 1.66. The monoisotopic (exact) mass is 358 g/mol. The molecule has 0 bridgehead atoms. The highest BCUT2D eigenvalue weighted by atomic mass is 19.4. The van der Waals surface area contributed by atoms with Crippen molar-refractivity contribution in [1.29, 1.82) is 0 Å². The van der Waals surface area contributed by atoms with Gasteiger partial charge in [-0.2, -0.15) is 0 Å². The lowest BCUT2D eigenvalue weighted by Gasteiger charge is -2.24. The zero-order chi connectivity index (χ0) is 18.0. The first-order chi connectivity index (χ1) is 11.8. The quantitative estimate of drug-likeness (QED) is 0.774. The van der Waals surface area contributed by atoms with Crippen LogP contribution in [0.25, 0.3) is 0 Å². The molecule has 1 saturated heterocycles. The first-order valence-corrected chi connectivity index (χ1v) is 8.21. The summed E-state index contributed by atoms with van der Waals surface area (Å²) in [6.07, 6.45) is -1.32. The van der Waals surface area contributed by atoms with Crippen molar-refractivity contribution in [3.05, 3.63) is 24.3 Å². The predicted molar refractivity (Wildman–Crippen MR) is 86.0 cm³/mol. The molecular weight excluding hydrogens is 337 g/mol. The number of likely N-dealkylation sites (N-methyl/N-ethyl adjacent to an activating group) is 1. The van der Waals surface area contributed by atoms with Gasteiger partial charge in [-0.3, -0.25) is 10.9 Å². The van der Waals surface area contributed by atoms with Crippen molar-refractivity contribution in [2.45, 2.75) is 37.7 Å². The predicted octanol–water partition coefficient (Wildman–Crippen LogP) is 2.69. The van der Waals surface area contributed by atoms with E-state index in [1.807, 2.05) is 0 Å². The Balaban J connectivity index is 1.55. The summed E-state index contributed by atoms with van der Waals surface area (Å²) >= 11 is 0. The summed E-state index contributed by atoms with van der Waals surface area (Å²) in [4.78, 5) is 13.8. The Kier molecular flexibility index (Phi) is 5.05. The molecule has 3 unspecified atom stereocenters. The molecule has 1 aromatic rings. The van der Waals surface area contributed by atoms with Gasteiger partial charge in [0, 0.05) is 37.4 Å². The summed E-state index contributed by atoms with van der Waals surface area (Å²) in [6, 6.07) is 5.47. The van der Waals surface area contributed by atoms with Crippen LogP contribution >= 0.6 is 0 Å². The summed E-state index contributed by atoms with van der Waals surface area (Å²) in [6.45, 7) is 0.513. The second-order valence-corrected chi connectivity index (χ2v) is 6.48. The standard InChI is InChI=1S/C16H21F3N4O2/c1-23(9-14-12-6-3-7-13(12)21-22-14)15(24)20-10-4-2-5-11(8-10)25-16(17,18)19/h2,4-5,8,12-14,21-22H,3,6-7,9H2,1H3,(H,20,24). The molecule has 1 aromatic carbocycles. The van der Waals surface area contributed by atoms with E-state index in [1.54, 1.807) is 7.05 Å². The fourth-order valence-corrected chi connectivity index (χ4v) is 3.52. The molecule has 2 fully saturated rings. The van der Waals surface area contributed by atoms with E-state index in [4.69, 9.17) is 0 Å². The molecule has 2 aliphatic rings. The lowest BCUT2D eigenvalue weighted by molar-refractivity contribution is -0.274. The van der Waals surface area contributed by atoms with Gasteiger partial charge in [-0.05, 0) is 30.9 Å². The maximum Gasteiger partial charge on any atom is 0.573 e. The van der Waals surface area contributed by atoms with Gasteiger partial charge in [-0.1, -0.05) is 12.5 Å². The van der Waals surface area contributed by atoms with E-state index in [1.165, 1.54) is 29.5 Å². The number of hydrazine groups is 1. The third-order valence-corrected chi connectivity index (χ3v) is 4.68. The molecule has 6 nitrogen and oxygen atoms in total. The Hall–Kier alpha value is -2.00. The molecule has 1 heterocycles. The number of benzene rings is 1. The van der Waals surface area contributed by atoms with Crippen LogP contribution in [0.4, 0.5) is 23.7 Å². The highest BCUT2D eigenvalue weighted by Gasteiger charge is 2.39. The second kappa shape index (κ2) is 7.09. The number of nitrogens with one attached hydrogen (secondary N) is 3. The van der Waals surface area contributed by atoms with Gasteiger partial charge in [0.1, 0.15) is 5.75 Å². The SMILES string of the molecule is CN(CC1NNC2CCCC21)C(=O)Nc1cccc(OC(F)(F)F)c1. The number of ether oxygens (including phenoxy) is 1. The number of alkyl halides is 3. The fourth-order valence-electron chi connectivity index (χ4n) is 3.52. The van der Waals surface area contributed by atoms with E-state index in [9.17, 15) is 18.0 Å². The van der Waals surface area contributed by atoms with Crippen molar-refractivity contribution >= 4 is 11.7 Å². The molecule has 3 N–H and O–H groups in total. The van der Waals surface area contributed by atoms with Crippen LogP contribution in [0.2, 0.25) is 0 Å². The highest BCUT2D eigenvalue weighted by molar-refractivity contribution is 5.89. The maximum absolute atomic E-state index is 12.3. The zero-order valence-electron chi connectivity index (χ0n) is 13.8. The van der Waals surface area contributed by atoms with Crippen molar-refractivity contribution in [1.82, 2.24) is 15.8 Å². The van der Waals surface area contributed by atoms with Crippen LogP contribution in [0, 0.1) is 5.92 Å². The third-order valence-electron chi connectivity index (χ3n) is 4.68. The Bertz CT molecular complexity index is 626. The number of anilines is 1. The van der Waals surface area contributed by atoms with Gasteiger partial charge >= 0.3 is 12.4 Å². The van der Waals surface area contributed by atoms with Gasteiger partial charge in [0.25, 0.3) is 0 Å². The van der Waals surface area contributed by atoms with Crippen molar-refractivity contribution in [2.24, 2.45) is 5.92 Å². The first-order valence-electron chi connectivity index (χ1n) is 8.21. The highest BCUT2D eigenvalue weighted by Crippen LogP contribution is 2.31. The number of hydrogen-bond acceptors (Lipinski definition) is 4. The summed E-state index contributed by atoms with van der Waals surface area (Å²) in [5, 5.41) is 2.59. The number of carbonyl (C=O) groups is 1. The van der Waals surface area contributed by atoms with Crippen LogP contribution in [0.3, 0.4) is 0 Å². The molecule has 9 heteroatoms. The van der Waals surface area contributed by atoms with Gasteiger partial charge in [0.15, 0.2) is 0 Å². The molecule has 1 saturated carbocycles. The molecule has 0 radical (unpaired) electrons. The average molecular weight is 358 g/mol. The number of urea groups is 1. The number of fused-ring (bicyclic) bond motifs is 1. The van der Waals surface area contributed by atoms with Crippen LogP contribution < -0.4 is 20.9 Å². The molecule has 0 spiro atoms. The van der Waals surface area contributed by atoms with Gasteiger partial charge in [0.2, 0.25) is 0 Å². The Morgan fingerprint density at radius 2 is 2.16 bits per heavy atom. The lowest BCUT2D eigenvalue weighted by atomic mass is 9.97. The molecule has 2 amide bonds. The van der Waals surface area contributed by atoms with E-state index in [0.717, 1.165) is 18.9 Å². The van der Waals surface area contributed by atoms with E-state index in [-0.39, 0.29) is 23.5 Å². The zero-order valence-corrected chi connectivity index (χ0v) is 13.8. The van der Waals surface area contributed by atoms with Crippen molar-refractivity contribution in [2.75, 3.05) is 18.9 Å². The molecule has 3 atom stereocenters. The number of amides is 2. The van der Waals surface area contributed by atoms with Crippen LogP contribution in [-0.4, -0.2) is 43.0 Å². The number of rotatable bonds is 4. The normalized spacial score (nSPS) is 25.5. The third kappa shape index (κ3) is 4.55. The van der Waals surface area contributed by atoms with Crippen molar-refractivity contribution < 1.29 is 22.7 Å². The Morgan fingerprint density at radius 1 is 1.36 bits per heavy atom. The second-order valence-electron chi connectivity index (χ2n) is 6.48. The maximum atomic E-state index is 12.3.